The smallest absolute Gasteiger partial charge is 0.298 e. The highest BCUT2D eigenvalue weighted by Crippen LogP contribution is 2.36. The second-order valence-electron chi connectivity index (χ2n) is 9.10. The van der Waals surface area contributed by atoms with E-state index >= 15 is 0 Å². The Morgan fingerprint density at radius 2 is 1.39 bits per heavy atom. The number of alkyl halides is 6. The highest BCUT2D eigenvalue weighted by Gasteiger charge is 2.37. The van der Waals surface area contributed by atoms with Crippen LogP contribution in [0, 0.1) is 0 Å². The Bertz CT molecular complexity index is 986. The first-order chi connectivity index (χ1) is 16.8. The second kappa shape index (κ2) is 11.2. The van der Waals surface area contributed by atoms with Gasteiger partial charge >= 0.3 is 12.4 Å². The van der Waals surface area contributed by atoms with E-state index in [2.05, 4.69) is 18.7 Å². The van der Waals surface area contributed by atoms with Crippen LogP contribution in [0.2, 0.25) is 0 Å². The van der Waals surface area contributed by atoms with Gasteiger partial charge in [0.2, 0.25) is 0 Å². The number of hydroxylamine groups is 2. The second-order valence-corrected chi connectivity index (χ2v) is 9.10. The highest BCUT2D eigenvalue weighted by molar-refractivity contribution is 5.82. The number of hydrogen-bond acceptors (Lipinski definition) is 4. The lowest BCUT2D eigenvalue weighted by atomic mass is 10.0. The average molecular weight is 518 g/mol. The van der Waals surface area contributed by atoms with E-state index in [1.54, 1.807) is 30.3 Å². The summed E-state index contributed by atoms with van der Waals surface area (Å²) in [5.41, 5.74) is -2.52. The maximum atomic E-state index is 13.3. The lowest BCUT2D eigenvalue weighted by molar-refractivity contribution is -0.172. The molecule has 1 fully saturated rings. The predicted molar refractivity (Wildman–Crippen MR) is 121 cm³/mol. The Hall–Kier alpha value is -2.63. The Kier molecular flexibility index (Phi) is 8.68. The van der Waals surface area contributed by atoms with Crippen LogP contribution in [-0.4, -0.2) is 64.7 Å². The third-order valence-electron chi connectivity index (χ3n) is 6.31. The SMILES string of the molecule is CC(C)N1CCN(C(C(=O)N(O)CCc2cc(C(F)(F)F)cc(C(F)(F)F)c2)c2ccccc2)CC1. The molecule has 1 atom stereocenters. The van der Waals surface area contributed by atoms with Gasteiger partial charge in [0, 0.05) is 32.2 Å². The first kappa shape index (κ1) is 27.9. The van der Waals surface area contributed by atoms with E-state index in [9.17, 15) is 36.3 Å². The summed E-state index contributed by atoms with van der Waals surface area (Å²) >= 11 is 0. The molecule has 1 amide bonds. The number of rotatable bonds is 7. The van der Waals surface area contributed by atoms with Crippen molar-refractivity contribution in [1.82, 2.24) is 14.9 Å². The van der Waals surface area contributed by atoms with E-state index in [4.69, 9.17) is 0 Å². The van der Waals surface area contributed by atoms with Crippen LogP contribution >= 0.6 is 0 Å². The van der Waals surface area contributed by atoms with Gasteiger partial charge in [-0.2, -0.15) is 26.3 Å². The first-order valence-electron chi connectivity index (χ1n) is 11.6. The molecule has 1 N–H and O–H groups in total. The lowest BCUT2D eigenvalue weighted by Gasteiger charge is -2.41. The Balaban J connectivity index is 1.79. The van der Waals surface area contributed by atoms with Gasteiger partial charge in [0.05, 0.1) is 17.7 Å². The molecule has 2 aromatic carbocycles. The van der Waals surface area contributed by atoms with Gasteiger partial charge < -0.3 is 0 Å². The lowest BCUT2D eigenvalue weighted by Crippen LogP contribution is -2.52. The number of hydrogen-bond donors (Lipinski definition) is 1. The van der Waals surface area contributed by atoms with Crippen molar-refractivity contribution in [3.8, 4) is 0 Å². The molecule has 5 nitrogen and oxygen atoms in total. The van der Waals surface area contributed by atoms with E-state index in [0.29, 0.717) is 55.0 Å². The van der Waals surface area contributed by atoms with Gasteiger partial charge in [0.15, 0.2) is 0 Å². The summed E-state index contributed by atoms with van der Waals surface area (Å²) in [7, 11) is 0. The van der Waals surface area contributed by atoms with Crippen LogP contribution < -0.4 is 0 Å². The quantitative estimate of drug-likeness (QED) is 0.310. The van der Waals surface area contributed by atoms with Crippen LogP contribution in [0.5, 0.6) is 0 Å². The number of carbonyl (C=O) groups is 1. The molecule has 0 aromatic heterocycles. The number of piperazine rings is 1. The number of nitrogens with zero attached hydrogens (tertiary/aromatic N) is 3. The highest BCUT2D eigenvalue weighted by atomic mass is 19.4. The monoisotopic (exact) mass is 517 g/mol. The molecule has 0 bridgehead atoms. The van der Waals surface area contributed by atoms with Gasteiger partial charge in [-0.1, -0.05) is 30.3 Å². The molecule has 2 aromatic rings. The van der Waals surface area contributed by atoms with Crippen LogP contribution in [0.1, 0.15) is 42.1 Å². The molecule has 1 aliphatic heterocycles. The van der Waals surface area contributed by atoms with Gasteiger partial charge in [0.1, 0.15) is 6.04 Å². The molecular weight excluding hydrogens is 488 g/mol. The standard InChI is InChI=1S/C25H29F6N3O2/c1-17(2)32-10-12-33(13-11-32)22(19-6-4-3-5-7-19)23(35)34(36)9-8-18-14-20(24(26,27)28)16-21(15-18)25(29,30)31/h3-7,14-17,22,36H,8-13H2,1-2H3. The summed E-state index contributed by atoms with van der Waals surface area (Å²) in [4.78, 5) is 17.5. The molecule has 0 aliphatic carbocycles. The van der Waals surface area contributed by atoms with Crippen molar-refractivity contribution in [1.29, 1.82) is 0 Å². The molecule has 0 saturated carbocycles. The van der Waals surface area contributed by atoms with Crippen LogP contribution in [0.3, 0.4) is 0 Å². The Morgan fingerprint density at radius 3 is 1.86 bits per heavy atom. The van der Waals surface area contributed by atoms with E-state index in [0.717, 1.165) is 0 Å². The Labute approximate surface area is 205 Å². The summed E-state index contributed by atoms with van der Waals surface area (Å²) in [6, 6.07) is 9.53. The maximum absolute atomic E-state index is 13.3. The van der Waals surface area contributed by atoms with Crippen molar-refractivity contribution >= 4 is 5.91 Å². The number of amides is 1. The van der Waals surface area contributed by atoms with Gasteiger partial charge in [0.25, 0.3) is 5.91 Å². The molecule has 3 rings (SSSR count). The predicted octanol–water partition coefficient (Wildman–Crippen LogP) is 5.25. The number of halogens is 6. The zero-order chi connectivity index (χ0) is 26.7. The molecule has 11 heteroatoms. The topological polar surface area (TPSA) is 47.0 Å². The minimum absolute atomic E-state index is 0.0492. The van der Waals surface area contributed by atoms with Crippen molar-refractivity contribution in [2.24, 2.45) is 0 Å². The molecule has 0 radical (unpaired) electrons. The van der Waals surface area contributed by atoms with Crippen molar-refractivity contribution < 1.29 is 36.3 Å². The third-order valence-corrected chi connectivity index (χ3v) is 6.31. The number of benzene rings is 2. The molecule has 1 aliphatic rings. The normalized spacial score (nSPS) is 16.8. The average Bonchev–Trinajstić information content (AvgIpc) is 2.82. The summed E-state index contributed by atoms with van der Waals surface area (Å²) in [5.74, 6) is -0.692. The fraction of sp³-hybridized carbons (Fsp3) is 0.480. The molecular formula is C25H29F6N3O2. The third kappa shape index (κ3) is 6.98. The van der Waals surface area contributed by atoms with Crippen LogP contribution in [0.15, 0.2) is 48.5 Å². The van der Waals surface area contributed by atoms with Gasteiger partial charge in [-0.05, 0) is 49.6 Å². The van der Waals surface area contributed by atoms with Crippen molar-refractivity contribution in [3.63, 3.8) is 0 Å². The van der Waals surface area contributed by atoms with Gasteiger partial charge in [-0.3, -0.25) is 19.8 Å². The first-order valence-corrected chi connectivity index (χ1v) is 11.6. The Morgan fingerprint density at radius 1 is 0.889 bits per heavy atom. The van der Waals surface area contributed by atoms with Crippen molar-refractivity contribution in [3.05, 3.63) is 70.8 Å². The molecule has 1 heterocycles. The summed E-state index contributed by atoms with van der Waals surface area (Å²) in [5, 5.41) is 10.9. The minimum Gasteiger partial charge on any atom is -0.298 e. The summed E-state index contributed by atoms with van der Waals surface area (Å²) < 4.78 is 78.9. The van der Waals surface area contributed by atoms with Crippen LogP contribution in [0.25, 0.3) is 0 Å². The largest absolute Gasteiger partial charge is 0.416 e. The zero-order valence-electron chi connectivity index (χ0n) is 20.0. The van der Waals surface area contributed by atoms with Crippen LogP contribution in [-0.2, 0) is 23.6 Å². The fourth-order valence-corrected chi connectivity index (χ4v) is 4.31. The minimum atomic E-state index is -4.97. The molecule has 0 spiro atoms. The number of carbonyl (C=O) groups excluding carboxylic acids is 1. The van der Waals surface area contributed by atoms with Gasteiger partial charge in [-0.25, -0.2) is 5.06 Å². The molecule has 36 heavy (non-hydrogen) atoms. The van der Waals surface area contributed by atoms with E-state index in [-0.39, 0.29) is 11.6 Å². The van der Waals surface area contributed by atoms with Crippen LogP contribution in [0.4, 0.5) is 26.3 Å². The maximum Gasteiger partial charge on any atom is 0.416 e. The van der Waals surface area contributed by atoms with E-state index < -0.39 is 48.4 Å². The van der Waals surface area contributed by atoms with Crippen molar-refractivity contribution in [2.75, 3.05) is 32.7 Å². The van der Waals surface area contributed by atoms with Gasteiger partial charge in [-0.15, -0.1) is 0 Å². The van der Waals surface area contributed by atoms with E-state index in [1.165, 1.54) is 0 Å². The summed E-state index contributed by atoms with van der Waals surface area (Å²) in [6.45, 7) is 6.21. The molecule has 1 saturated heterocycles. The fourth-order valence-electron chi connectivity index (χ4n) is 4.31. The molecule has 1 unspecified atom stereocenters. The van der Waals surface area contributed by atoms with Crippen molar-refractivity contribution in [2.45, 2.75) is 44.7 Å². The molecule has 198 valence electrons. The summed E-state index contributed by atoms with van der Waals surface area (Å²) in [6.07, 6.45) is -10.3. The zero-order valence-corrected chi connectivity index (χ0v) is 20.0. The van der Waals surface area contributed by atoms with E-state index in [1.807, 2.05) is 4.90 Å².